The van der Waals surface area contributed by atoms with Crippen molar-refractivity contribution in [2.45, 2.75) is 45.7 Å². The number of hydrogen-bond donors (Lipinski definition) is 1. The Labute approximate surface area is 257 Å². The molecule has 0 saturated heterocycles. The molecule has 0 fully saturated rings. The van der Waals surface area contributed by atoms with Gasteiger partial charge < -0.3 is 10.2 Å². The molecule has 0 heterocycles. The number of benzene rings is 3. The van der Waals surface area contributed by atoms with Crippen LogP contribution in [0.25, 0.3) is 0 Å². The number of halogens is 3. The predicted molar refractivity (Wildman–Crippen MR) is 167 cm³/mol. The summed E-state index contributed by atoms with van der Waals surface area (Å²) in [6.45, 7) is 3.92. The minimum atomic E-state index is -4.00. The zero-order valence-corrected chi connectivity index (χ0v) is 26.3. The summed E-state index contributed by atoms with van der Waals surface area (Å²) in [7, 11) is -4.00. The molecule has 0 aliphatic heterocycles. The highest BCUT2D eigenvalue weighted by Gasteiger charge is 2.33. The molecule has 3 rings (SSSR count). The summed E-state index contributed by atoms with van der Waals surface area (Å²) >= 11 is 18.6. The van der Waals surface area contributed by atoms with Gasteiger partial charge in [0.05, 0.1) is 27.0 Å². The first-order valence-corrected chi connectivity index (χ1v) is 16.2. The van der Waals surface area contributed by atoms with Gasteiger partial charge in [0.1, 0.15) is 12.6 Å². The van der Waals surface area contributed by atoms with E-state index in [0.717, 1.165) is 40.1 Å². The van der Waals surface area contributed by atoms with Crippen molar-refractivity contribution < 1.29 is 18.0 Å². The van der Waals surface area contributed by atoms with Gasteiger partial charge in [0.2, 0.25) is 21.8 Å². The molecule has 2 amide bonds. The van der Waals surface area contributed by atoms with Crippen LogP contribution in [0.2, 0.25) is 15.1 Å². The Morgan fingerprint density at radius 1 is 0.902 bits per heavy atom. The Morgan fingerprint density at radius 3 is 2.15 bits per heavy atom. The number of rotatable bonds is 13. The molecule has 3 aromatic carbocycles. The third-order valence-corrected chi connectivity index (χ3v) is 8.66. The predicted octanol–water partition coefficient (Wildman–Crippen LogP) is 6.28. The van der Waals surface area contributed by atoms with Crippen LogP contribution in [0, 0.1) is 6.92 Å². The number of carbonyl (C=O) groups excluding carboxylic acids is 2. The standard InChI is InChI=1S/C30H34Cl3N3O4S/c1-4-5-15-34-30(38)28(16-22-9-7-6-8-10-22)35(19-23-13-11-21(2)12-14-23)29(37)20-36(41(3,39)40)27-18-25(32)24(31)17-26(27)33/h6-14,17-18,28H,4-5,15-16,19-20H2,1-3H3,(H,34,38). The number of carbonyl (C=O) groups is 2. The molecule has 0 aliphatic carbocycles. The van der Waals surface area contributed by atoms with E-state index in [2.05, 4.69) is 5.32 Å². The number of sulfonamides is 1. The Bertz CT molecular complexity index is 1450. The number of hydrogen-bond acceptors (Lipinski definition) is 4. The normalized spacial score (nSPS) is 12.0. The summed E-state index contributed by atoms with van der Waals surface area (Å²) in [6.07, 6.45) is 2.89. The van der Waals surface area contributed by atoms with Gasteiger partial charge in [-0.15, -0.1) is 0 Å². The lowest BCUT2D eigenvalue weighted by atomic mass is 10.0. The molecular formula is C30H34Cl3N3O4S. The average Bonchev–Trinajstić information content (AvgIpc) is 2.92. The molecule has 0 radical (unpaired) electrons. The van der Waals surface area contributed by atoms with Gasteiger partial charge >= 0.3 is 0 Å². The lowest BCUT2D eigenvalue weighted by molar-refractivity contribution is -0.140. The molecular weight excluding hydrogens is 605 g/mol. The first kappa shape index (κ1) is 32.7. The summed E-state index contributed by atoms with van der Waals surface area (Å²) in [4.78, 5) is 29.2. The van der Waals surface area contributed by atoms with Gasteiger partial charge in [0.25, 0.3) is 0 Å². The van der Waals surface area contributed by atoms with Crippen molar-refractivity contribution in [1.29, 1.82) is 0 Å². The highest BCUT2D eigenvalue weighted by atomic mass is 35.5. The third kappa shape index (κ3) is 9.36. The van der Waals surface area contributed by atoms with E-state index >= 15 is 0 Å². The van der Waals surface area contributed by atoms with Gasteiger partial charge in [0.15, 0.2) is 0 Å². The second-order valence-electron chi connectivity index (χ2n) is 9.84. The maximum atomic E-state index is 14.1. The van der Waals surface area contributed by atoms with Gasteiger partial charge in [-0.05, 0) is 36.6 Å². The molecule has 220 valence electrons. The van der Waals surface area contributed by atoms with E-state index < -0.39 is 28.5 Å². The van der Waals surface area contributed by atoms with E-state index in [9.17, 15) is 18.0 Å². The number of unbranched alkanes of at least 4 members (excludes halogenated alkanes) is 1. The fourth-order valence-electron chi connectivity index (χ4n) is 4.25. The third-order valence-electron chi connectivity index (χ3n) is 6.51. The highest BCUT2D eigenvalue weighted by molar-refractivity contribution is 7.92. The molecule has 0 saturated carbocycles. The zero-order chi connectivity index (χ0) is 30.2. The van der Waals surface area contributed by atoms with Crippen LogP contribution in [0.3, 0.4) is 0 Å². The Kier molecular flexibility index (Phi) is 11.9. The van der Waals surface area contributed by atoms with Crippen molar-refractivity contribution in [1.82, 2.24) is 10.2 Å². The van der Waals surface area contributed by atoms with Gasteiger partial charge in [-0.2, -0.15) is 0 Å². The van der Waals surface area contributed by atoms with Crippen LogP contribution >= 0.6 is 34.8 Å². The summed E-state index contributed by atoms with van der Waals surface area (Å²) in [6, 6.07) is 18.7. The van der Waals surface area contributed by atoms with Gasteiger partial charge in [0, 0.05) is 19.5 Å². The van der Waals surface area contributed by atoms with Crippen molar-refractivity contribution >= 4 is 62.3 Å². The van der Waals surface area contributed by atoms with Crippen LogP contribution in [-0.2, 0) is 32.6 Å². The molecule has 11 heteroatoms. The van der Waals surface area contributed by atoms with E-state index in [1.54, 1.807) is 0 Å². The second-order valence-corrected chi connectivity index (χ2v) is 13.0. The highest BCUT2D eigenvalue weighted by Crippen LogP contribution is 2.35. The number of nitrogens with one attached hydrogen (secondary N) is 1. The minimum Gasteiger partial charge on any atom is -0.354 e. The molecule has 1 N–H and O–H groups in total. The zero-order valence-electron chi connectivity index (χ0n) is 23.2. The van der Waals surface area contributed by atoms with Gasteiger partial charge in [-0.3, -0.25) is 13.9 Å². The average molecular weight is 639 g/mol. The number of nitrogens with zero attached hydrogens (tertiary/aromatic N) is 2. The minimum absolute atomic E-state index is 0.0132. The van der Waals surface area contributed by atoms with Crippen LogP contribution in [0.4, 0.5) is 5.69 Å². The molecule has 0 aliphatic rings. The molecule has 3 aromatic rings. The Morgan fingerprint density at radius 2 is 1.54 bits per heavy atom. The lowest BCUT2D eigenvalue weighted by Gasteiger charge is -2.33. The van der Waals surface area contributed by atoms with Crippen molar-refractivity contribution in [2.24, 2.45) is 0 Å². The van der Waals surface area contributed by atoms with E-state index in [0.29, 0.717) is 6.54 Å². The number of anilines is 1. The smallest absolute Gasteiger partial charge is 0.244 e. The van der Waals surface area contributed by atoms with Crippen LogP contribution in [0.15, 0.2) is 66.7 Å². The van der Waals surface area contributed by atoms with Crippen molar-refractivity contribution in [2.75, 3.05) is 23.7 Å². The maximum absolute atomic E-state index is 14.1. The first-order chi connectivity index (χ1) is 19.4. The van der Waals surface area contributed by atoms with Crippen molar-refractivity contribution in [3.63, 3.8) is 0 Å². The summed E-state index contributed by atoms with van der Waals surface area (Å²) in [5, 5.41) is 3.20. The molecule has 0 bridgehead atoms. The van der Waals surface area contributed by atoms with Crippen molar-refractivity contribution in [3.8, 4) is 0 Å². The fourth-order valence-corrected chi connectivity index (χ4v) is 5.79. The van der Waals surface area contributed by atoms with Crippen LogP contribution in [0.1, 0.15) is 36.5 Å². The Balaban J connectivity index is 2.07. The first-order valence-electron chi connectivity index (χ1n) is 13.2. The van der Waals surface area contributed by atoms with Gasteiger partial charge in [-0.25, -0.2) is 8.42 Å². The van der Waals surface area contributed by atoms with E-state index in [1.165, 1.54) is 17.0 Å². The van der Waals surface area contributed by atoms with Crippen LogP contribution in [0.5, 0.6) is 0 Å². The number of aryl methyl sites for hydroxylation is 1. The second kappa shape index (κ2) is 14.9. The number of amides is 2. The van der Waals surface area contributed by atoms with E-state index in [-0.39, 0.29) is 39.6 Å². The summed E-state index contributed by atoms with van der Waals surface area (Å²) < 4.78 is 26.8. The lowest BCUT2D eigenvalue weighted by Crippen LogP contribution is -2.53. The SMILES string of the molecule is CCCCNC(=O)C(Cc1ccccc1)N(Cc1ccc(C)cc1)C(=O)CN(c1cc(Cl)c(Cl)cc1Cl)S(C)(=O)=O. The van der Waals surface area contributed by atoms with Crippen molar-refractivity contribution in [3.05, 3.63) is 98.5 Å². The van der Waals surface area contributed by atoms with Gasteiger partial charge in [-0.1, -0.05) is 108 Å². The van der Waals surface area contributed by atoms with E-state index in [1.807, 2.05) is 68.4 Å². The molecule has 7 nitrogen and oxygen atoms in total. The summed E-state index contributed by atoms with van der Waals surface area (Å²) in [5.41, 5.74) is 2.71. The van der Waals surface area contributed by atoms with E-state index in [4.69, 9.17) is 34.8 Å². The van der Waals surface area contributed by atoms with Crippen LogP contribution < -0.4 is 9.62 Å². The summed E-state index contributed by atoms with van der Waals surface area (Å²) in [5.74, 6) is -0.897. The fraction of sp³-hybridized carbons (Fsp3) is 0.333. The topological polar surface area (TPSA) is 86.8 Å². The molecule has 0 spiro atoms. The largest absolute Gasteiger partial charge is 0.354 e. The quantitative estimate of drug-likeness (QED) is 0.176. The molecule has 0 aromatic heterocycles. The Hall–Kier alpha value is -2.78. The monoisotopic (exact) mass is 637 g/mol. The maximum Gasteiger partial charge on any atom is 0.244 e. The molecule has 1 atom stereocenters. The van der Waals surface area contributed by atoms with Crippen LogP contribution in [-0.4, -0.2) is 50.5 Å². The molecule has 1 unspecified atom stereocenters. The molecule has 41 heavy (non-hydrogen) atoms.